The molecule has 0 saturated heterocycles. The first-order valence-corrected chi connectivity index (χ1v) is 20.1. The summed E-state index contributed by atoms with van der Waals surface area (Å²) < 4.78 is 8.94. The quantitative estimate of drug-likeness (QED) is 0.164. The smallest absolute Gasteiger partial charge is 0.167 e. The maximum Gasteiger partial charge on any atom is 0.167 e. The Kier molecular flexibility index (Phi) is 7.33. The molecule has 5 nitrogen and oxygen atoms in total. The number of benzene rings is 8. The third-order valence-electron chi connectivity index (χ3n) is 11.1. The average Bonchev–Trinajstić information content (AvgIpc) is 3.87. The van der Waals surface area contributed by atoms with Crippen LogP contribution in [-0.2, 0) is 0 Å². The second-order valence-electron chi connectivity index (χ2n) is 14.5. The van der Waals surface area contributed by atoms with Gasteiger partial charge in [0.2, 0.25) is 0 Å². The van der Waals surface area contributed by atoms with Gasteiger partial charge < -0.3 is 4.42 Å². The predicted molar refractivity (Wildman–Crippen MR) is 240 cm³/mol. The fraction of sp³-hybridized carbons (Fsp3) is 0. The minimum atomic E-state index is 0.567. The zero-order valence-corrected chi connectivity index (χ0v) is 31.7. The van der Waals surface area contributed by atoms with E-state index in [1.807, 2.05) is 72.0 Å². The molecule has 0 aliphatic rings. The Hall–Kier alpha value is -7.54. The van der Waals surface area contributed by atoms with Gasteiger partial charge in [-0.25, -0.2) is 19.9 Å². The van der Waals surface area contributed by atoms with E-state index < -0.39 is 0 Å². The molecule has 6 heteroatoms. The maximum absolute atomic E-state index is 6.41. The number of furan rings is 1. The first-order chi connectivity index (χ1) is 28.7. The molecular weight excluding hydrogens is 729 g/mol. The van der Waals surface area contributed by atoms with Crippen molar-refractivity contribution < 1.29 is 4.42 Å². The van der Waals surface area contributed by atoms with Gasteiger partial charge >= 0.3 is 0 Å². The number of aromatic nitrogens is 4. The van der Waals surface area contributed by atoms with Crippen LogP contribution >= 0.6 is 11.3 Å². The molecule has 0 spiro atoms. The van der Waals surface area contributed by atoms with Crippen LogP contribution in [-0.4, -0.2) is 19.9 Å². The number of pyridine rings is 1. The summed E-state index contributed by atoms with van der Waals surface area (Å²) in [4.78, 5) is 20.3. The molecule has 4 aromatic heterocycles. The summed E-state index contributed by atoms with van der Waals surface area (Å²) in [6.07, 6.45) is 0. The number of nitrogens with zero attached hydrogens (tertiary/aromatic N) is 4. The SMILES string of the molecule is c1ccc(-c2nc(-c3ccc(-c4ccc5sc6ccc7c(-c8ccccc8)nc8ccccc8c7c6c5c4)cc3)nc(-c3cccc4c3oc3ccccc34)n2)cc1. The molecule has 0 unspecified atom stereocenters. The Balaban J connectivity index is 0.995. The van der Waals surface area contributed by atoms with E-state index in [0.717, 1.165) is 71.9 Å². The van der Waals surface area contributed by atoms with Gasteiger partial charge in [0.15, 0.2) is 17.5 Å². The molecule has 12 aromatic rings. The molecule has 4 heterocycles. The van der Waals surface area contributed by atoms with Crippen LogP contribution < -0.4 is 0 Å². The fourth-order valence-electron chi connectivity index (χ4n) is 8.38. The second-order valence-corrected chi connectivity index (χ2v) is 15.6. The van der Waals surface area contributed by atoms with E-state index in [2.05, 4.69) is 121 Å². The topological polar surface area (TPSA) is 64.7 Å². The second kappa shape index (κ2) is 13.0. The monoisotopic (exact) mass is 758 g/mol. The first-order valence-electron chi connectivity index (χ1n) is 19.3. The van der Waals surface area contributed by atoms with Crippen molar-refractivity contribution in [3.63, 3.8) is 0 Å². The van der Waals surface area contributed by atoms with Crippen molar-refractivity contribution in [3.05, 3.63) is 182 Å². The molecule has 0 bridgehead atoms. The number of hydrogen-bond donors (Lipinski definition) is 0. The van der Waals surface area contributed by atoms with E-state index >= 15 is 0 Å². The van der Waals surface area contributed by atoms with Crippen LogP contribution in [0.15, 0.2) is 186 Å². The van der Waals surface area contributed by atoms with Gasteiger partial charge in [-0.2, -0.15) is 0 Å². The van der Waals surface area contributed by atoms with Crippen LogP contribution in [0.2, 0.25) is 0 Å². The van der Waals surface area contributed by atoms with Crippen LogP contribution in [0, 0.1) is 0 Å². The third kappa shape index (κ3) is 5.23. The Morgan fingerprint density at radius 3 is 1.79 bits per heavy atom. The van der Waals surface area contributed by atoms with Crippen molar-refractivity contribution in [2.24, 2.45) is 0 Å². The highest BCUT2D eigenvalue weighted by molar-refractivity contribution is 7.26. The Labute approximate surface area is 336 Å². The van der Waals surface area contributed by atoms with Crippen LogP contribution in [0.25, 0.3) is 120 Å². The standard InChI is InChI=1S/C52H30N4OS/c1-3-12-32(13-4-1)48-39-27-29-45-47(46(39)38-17-7-9-20-42(38)53-48)41-30-35(26-28-44(41)58-45)31-22-24-34(25-23-31)51-54-50(33-14-5-2-6-15-33)55-52(56-51)40-19-11-18-37-36-16-8-10-21-43(36)57-49(37)40/h1-30H. The van der Waals surface area contributed by atoms with Crippen LogP contribution in [0.4, 0.5) is 0 Å². The number of thiophene rings is 1. The number of hydrogen-bond acceptors (Lipinski definition) is 6. The molecule has 0 N–H and O–H groups in total. The summed E-state index contributed by atoms with van der Waals surface area (Å²) in [7, 11) is 0. The third-order valence-corrected chi connectivity index (χ3v) is 12.3. The van der Waals surface area contributed by atoms with E-state index in [1.54, 1.807) is 0 Å². The largest absolute Gasteiger partial charge is 0.455 e. The van der Waals surface area contributed by atoms with Crippen LogP contribution in [0.1, 0.15) is 0 Å². The molecule has 12 rings (SSSR count). The van der Waals surface area contributed by atoms with Crippen molar-refractivity contribution in [1.82, 2.24) is 19.9 Å². The molecule has 0 aliphatic carbocycles. The predicted octanol–water partition coefficient (Wildman–Crippen LogP) is 14.2. The van der Waals surface area contributed by atoms with E-state index in [1.165, 1.54) is 30.9 Å². The number of fused-ring (bicyclic) bond motifs is 10. The zero-order chi connectivity index (χ0) is 38.2. The Bertz CT molecular complexity index is 3560. The molecule has 0 atom stereocenters. The van der Waals surface area contributed by atoms with E-state index in [0.29, 0.717) is 17.5 Å². The Morgan fingerprint density at radius 2 is 0.983 bits per heavy atom. The molecule has 58 heavy (non-hydrogen) atoms. The number of para-hydroxylation sites is 3. The highest BCUT2D eigenvalue weighted by atomic mass is 32.1. The summed E-state index contributed by atoms with van der Waals surface area (Å²) in [6.45, 7) is 0. The lowest BCUT2D eigenvalue weighted by atomic mass is 9.95. The lowest BCUT2D eigenvalue weighted by Crippen LogP contribution is -2.00. The molecule has 0 aliphatic heterocycles. The highest BCUT2D eigenvalue weighted by Gasteiger charge is 2.19. The molecule has 8 aromatic carbocycles. The molecule has 270 valence electrons. The first kappa shape index (κ1) is 32.7. The van der Waals surface area contributed by atoms with Gasteiger partial charge in [-0.3, -0.25) is 0 Å². The van der Waals surface area contributed by atoms with Gasteiger partial charge in [0.1, 0.15) is 11.2 Å². The van der Waals surface area contributed by atoms with E-state index in [-0.39, 0.29) is 0 Å². The van der Waals surface area contributed by atoms with Gasteiger partial charge in [-0.1, -0.05) is 146 Å². The zero-order valence-electron chi connectivity index (χ0n) is 30.9. The molecule has 0 amide bonds. The van der Waals surface area contributed by atoms with Crippen molar-refractivity contribution in [1.29, 1.82) is 0 Å². The van der Waals surface area contributed by atoms with E-state index in [9.17, 15) is 0 Å². The summed E-state index contributed by atoms with van der Waals surface area (Å²) >= 11 is 1.84. The van der Waals surface area contributed by atoms with Gasteiger partial charge in [0, 0.05) is 63.8 Å². The van der Waals surface area contributed by atoms with Gasteiger partial charge in [0.25, 0.3) is 0 Å². The molecular formula is C52H30N4OS. The van der Waals surface area contributed by atoms with Gasteiger partial charge in [-0.05, 0) is 47.5 Å². The van der Waals surface area contributed by atoms with Crippen LogP contribution in [0.3, 0.4) is 0 Å². The average molecular weight is 759 g/mol. The van der Waals surface area contributed by atoms with Gasteiger partial charge in [0.05, 0.1) is 16.8 Å². The summed E-state index contributed by atoms with van der Waals surface area (Å²) in [5.74, 6) is 1.78. The van der Waals surface area contributed by atoms with Crippen LogP contribution in [0.5, 0.6) is 0 Å². The Morgan fingerprint density at radius 1 is 0.362 bits per heavy atom. The molecule has 0 saturated carbocycles. The highest BCUT2D eigenvalue weighted by Crippen LogP contribution is 2.44. The molecule has 0 fully saturated rings. The number of rotatable bonds is 5. The summed E-state index contributed by atoms with van der Waals surface area (Å²) in [6, 6.07) is 63.3. The normalized spacial score (nSPS) is 11.8. The fourth-order valence-corrected chi connectivity index (χ4v) is 9.48. The van der Waals surface area contributed by atoms with E-state index in [4.69, 9.17) is 24.4 Å². The van der Waals surface area contributed by atoms with Crippen molar-refractivity contribution in [2.45, 2.75) is 0 Å². The maximum atomic E-state index is 6.41. The lowest BCUT2D eigenvalue weighted by Gasteiger charge is -2.12. The van der Waals surface area contributed by atoms with Gasteiger partial charge in [-0.15, -0.1) is 11.3 Å². The summed E-state index contributed by atoms with van der Waals surface area (Å²) in [5.41, 5.74) is 9.64. The minimum absolute atomic E-state index is 0.567. The minimum Gasteiger partial charge on any atom is -0.455 e. The summed E-state index contributed by atoms with van der Waals surface area (Å²) in [5, 5.41) is 8.20. The van der Waals surface area contributed by atoms with Crippen molar-refractivity contribution >= 4 is 75.1 Å². The molecule has 0 radical (unpaired) electrons. The lowest BCUT2D eigenvalue weighted by molar-refractivity contribution is 0.669. The van der Waals surface area contributed by atoms with Crippen molar-refractivity contribution in [3.8, 4) is 56.5 Å². The van der Waals surface area contributed by atoms with Crippen molar-refractivity contribution in [2.75, 3.05) is 0 Å².